The first-order valence-corrected chi connectivity index (χ1v) is 9.99. The Labute approximate surface area is 167 Å². The second-order valence-corrected chi connectivity index (χ2v) is 7.37. The number of carbonyl (C=O) groups is 2. The van der Waals surface area contributed by atoms with Crippen LogP contribution in [0.1, 0.15) is 47.3 Å². The highest BCUT2D eigenvalue weighted by molar-refractivity contribution is 5.94. The quantitative estimate of drug-likeness (QED) is 0.778. The number of carbonyl (C=O) groups excluding carboxylic acids is 2. The molecule has 2 aromatic carbocycles. The summed E-state index contributed by atoms with van der Waals surface area (Å²) in [7, 11) is 0. The van der Waals surface area contributed by atoms with Crippen molar-refractivity contribution in [2.45, 2.75) is 45.8 Å². The van der Waals surface area contributed by atoms with Crippen molar-refractivity contribution in [1.82, 2.24) is 15.5 Å². The number of nitrogens with zero attached hydrogens (tertiary/aromatic N) is 1. The zero-order chi connectivity index (χ0) is 19.9. The Kier molecular flexibility index (Phi) is 6.82. The molecule has 148 valence electrons. The molecule has 1 aliphatic heterocycles. The van der Waals surface area contributed by atoms with Gasteiger partial charge in [-0.15, -0.1) is 0 Å². The molecule has 0 saturated carbocycles. The van der Waals surface area contributed by atoms with Gasteiger partial charge in [0.2, 0.25) is 5.91 Å². The third kappa shape index (κ3) is 5.20. The van der Waals surface area contributed by atoms with Crippen molar-refractivity contribution in [3.8, 4) is 0 Å². The Morgan fingerprint density at radius 3 is 2.43 bits per heavy atom. The van der Waals surface area contributed by atoms with Crippen molar-refractivity contribution in [1.29, 1.82) is 0 Å². The summed E-state index contributed by atoms with van der Waals surface area (Å²) in [5.74, 6) is -0.116. The zero-order valence-electron chi connectivity index (χ0n) is 16.7. The van der Waals surface area contributed by atoms with Gasteiger partial charge in [-0.1, -0.05) is 43.3 Å². The number of amides is 2. The maximum atomic E-state index is 12.5. The lowest BCUT2D eigenvalue weighted by molar-refractivity contribution is -0.119. The molecule has 0 bridgehead atoms. The van der Waals surface area contributed by atoms with Crippen LogP contribution >= 0.6 is 0 Å². The van der Waals surface area contributed by atoms with Crippen molar-refractivity contribution in [2.24, 2.45) is 0 Å². The van der Waals surface area contributed by atoms with Crippen molar-refractivity contribution in [2.75, 3.05) is 13.1 Å². The van der Waals surface area contributed by atoms with E-state index in [1.54, 1.807) is 0 Å². The summed E-state index contributed by atoms with van der Waals surface area (Å²) >= 11 is 0. The fourth-order valence-corrected chi connectivity index (χ4v) is 3.67. The van der Waals surface area contributed by atoms with E-state index in [4.69, 9.17) is 0 Å². The monoisotopic (exact) mass is 379 g/mol. The van der Waals surface area contributed by atoms with Gasteiger partial charge in [-0.2, -0.15) is 0 Å². The standard InChI is InChI=1S/C23H29N3O2/c1-3-22(26-13-12-19-6-4-5-7-21(19)16-26)15-25-23(28)20-10-8-18(9-11-20)14-24-17(2)27/h4-11,22H,3,12-16H2,1-2H3,(H,24,27)(H,25,28). The van der Waals surface area contributed by atoms with Crippen LogP contribution in [0, 0.1) is 0 Å². The lowest BCUT2D eigenvalue weighted by atomic mass is 9.98. The van der Waals surface area contributed by atoms with E-state index >= 15 is 0 Å². The average molecular weight is 380 g/mol. The van der Waals surface area contributed by atoms with E-state index in [0.29, 0.717) is 24.7 Å². The lowest BCUT2D eigenvalue weighted by Gasteiger charge is -2.35. The van der Waals surface area contributed by atoms with E-state index in [9.17, 15) is 9.59 Å². The Bertz CT molecular complexity index is 817. The zero-order valence-corrected chi connectivity index (χ0v) is 16.7. The molecule has 0 aliphatic carbocycles. The minimum Gasteiger partial charge on any atom is -0.352 e. The van der Waals surface area contributed by atoms with Crippen LogP contribution in [0.15, 0.2) is 48.5 Å². The molecule has 5 heteroatoms. The smallest absolute Gasteiger partial charge is 0.251 e. The molecule has 1 aliphatic rings. The highest BCUT2D eigenvalue weighted by atomic mass is 16.2. The summed E-state index contributed by atoms with van der Waals surface area (Å²) in [5, 5.41) is 5.85. The molecule has 5 nitrogen and oxygen atoms in total. The van der Waals surface area contributed by atoms with Crippen LogP contribution in [0.4, 0.5) is 0 Å². The molecule has 2 amide bonds. The van der Waals surface area contributed by atoms with E-state index in [1.165, 1.54) is 18.1 Å². The van der Waals surface area contributed by atoms with Crippen LogP contribution < -0.4 is 10.6 Å². The van der Waals surface area contributed by atoms with Gasteiger partial charge in [0.15, 0.2) is 0 Å². The number of hydrogen-bond donors (Lipinski definition) is 2. The van der Waals surface area contributed by atoms with Gasteiger partial charge in [-0.25, -0.2) is 0 Å². The van der Waals surface area contributed by atoms with Gasteiger partial charge in [0.05, 0.1) is 0 Å². The van der Waals surface area contributed by atoms with Gasteiger partial charge in [-0.3, -0.25) is 14.5 Å². The minimum atomic E-state index is -0.0623. The first kappa shape index (κ1) is 20.1. The van der Waals surface area contributed by atoms with Crippen molar-refractivity contribution < 1.29 is 9.59 Å². The lowest BCUT2D eigenvalue weighted by Crippen LogP contribution is -2.45. The van der Waals surface area contributed by atoms with Gasteiger partial charge >= 0.3 is 0 Å². The Morgan fingerprint density at radius 1 is 1.04 bits per heavy atom. The predicted molar refractivity (Wildman–Crippen MR) is 111 cm³/mol. The van der Waals surface area contributed by atoms with Crippen LogP contribution in [0.25, 0.3) is 0 Å². The first-order valence-electron chi connectivity index (χ1n) is 9.99. The second-order valence-electron chi connectivity index (χ2n) is 7.37. The summed E-state index contributed by atoms with van der Waals surface area (Å²) in [4.78, 5) is 26.0. The molecule has 1 atom stereocenters. The van der Waals surface area contributed by atoms with Gasteiger partial charge in [0, 0.05) is 44.7 Å². The van der Waals surface area contributed by atoms with E-state index < -0.39 is 0 Å². The number of nitrogens with one attached hydrogen (secondary N) is 2. The molecule has 2 N–H and O–H groups in total. The fourth-order valence-electron chi connectivity index (χ4n) is 3.67. The van der Waals surface area contributed by atoms with Gasteiger partial charge in [-0.05, 0) is 41.7 Å². The summed E-state index contributed by atoms with van der Waals surface area (Å²) in [6.07, 6.45) is 2.06. The van der Waals surface area contributed by atoms with Crippen LogP contribution in [-0.4, -0.2) is 35.8 Å². The molecular weight excluding hydrogens is 350 g/mol. The average Bonchev–Trinajstić information content (AvgIpc) is 2.72. The Balaban J connectivity index is 1.53. The van der Waals surface area contributed by atoms with Crippen LogP contribution in [0.3, 0.4) is 0 Å². The number of rotatable bonds is 7. The molecule has 3 rings (SSSR count). The third-order valence-electron chi connectivity index (χ3n) is 5.40. The third-order valence-corrected chi connectivity index (χ3v) is 5.40. The van der Waals surface area contributed by atoms with Gasteiger partial charge < -0.3 is 10.6 Å². The van der Waals surface area contributed by atoms with Crippen molar-refractivity contribution in [3.05, 3.63) is 70.8 Å². The maximum Gasteiger partial charge on any atom is 0.251 e. The van der Waals surface area contributed by atoms with Crippen molar-refractivity contribution in [3.63, 3.8) is 0 Å². The molecule has 0 saturated heterocycles. The Hall–Kier alpha value is -2.66. The molecular formula is C23H29N3O2. The largest absolute Gasteiger partial charge is 0.352 e. The molecule has 1 heterocycles. The first-order chi connectivity index (χ1) is 13.6. The predicted octanol–water partition coefficient (Wildman–Crippen LogP) is 2.89. The van der Waals surface area contributed by atoms with E-state index in [1.807, 2.05) is 24.3 Å². The number of benzene rings is 2. The summed E-state index contributed by atoms with van der Waals surface area (Å²) in [5.41, 5.74) is 4.46. The highest BCUT2D eigenvalue weighted by Crippen LogP contribution is 2.21. The van der Waals surface area contributed by atoms with Crippen LogP contribution in [0.2, 0.25) is 0 Å². The normalized spacial score (nSPS) is 14.8. The SMILES string of the molecule is CCC(CNC(=O)c1ccc(CNC(C)=O)cc1)N1CCc2ccccc2C1. The van der Waals surface area contributed by atoms with Crippen LogP contribution in [0.5, 0.6) is 0 Å². The number of fused-ring (bicyclic) bond motifs is 1. The molecule has 28 heavy (non-hydrogen) atoms. The maximum absolute atomic E-state index is 12.5. The molecule has 0 fully saturated rings. The fraction of sp³-hybridized carbons (Fsp3) is 0.391. The van der Waals surface area contributed by atoms with Crippen molar-refractivity contribution >= 4 is 11.8 Å². The van der Waals surface area contributed by atoms with E-state index in [-0.39, 0.29) is 11.8 Å². The number of hydrogen-bond acceptors (Lipinski definition) is 3. The molecule has 2 aromatic rings. The minimum absolute atomic E-state index is 0.0538. The molecule has 0 spiro atoms. The molecule has 1 unspecified atom stereocenters. The topological polar surface area (TPSA) is 61.4 Å². The van der Waals surface area contributed by atoms with E-state index in [0.717, 1.165) is 31.5 Å². The summed E-state index contributed by atoms with van der Waals surface area (Å²) < 4.78 is 0. The summed E-state index contributed by atoms with van der Waals surface area (Å²) in [6.45, 7) is 6.77. The molecule has 0 aromatic heterocycles. The molecule has 0 radical (unpaired) electrons. The van der Waals surface area contributed by atoms with Gasteiger partial charge in [0.25, 0.3) is 5.91 Å². The Morgan fingerprint density at radius 2 is 1.75 bits per heavy atom. The van der Waals surface area contributed by atoms with E-state index in [2.05, 4.69) is 46.7 Å². The highest BCUT2D eigenvalue weighted by Gasteiger charge is 2.22. The second kappa shape index (κ2) is 9.51. The summed E-state index contributed by atoms with van der Waals surface area (Å²) in [6, 6.07) is 16.3. The van der Waals surface area contributed by atoms with Crippen LogP contribution in [-0.2, 0) is 24.3 Å². The van der Waals surface area contributed by atoms with Gasteiger partial charge in [0.1, 0.15) is 0 Å².